The summed E-state index contributed by atoms with van der Waals surface area (Å²) >= 11 is 0. The van der Waals surface area contributed by atoms with Gasteiger partial charge in [-0.05, 0) is 18.2 Å². The lowest BCUT2D eigenvalue weighted by molar-refractivity contribution is 0.374. The van der Waals surface area contributed by atoms with Crippen LogP contribution in [0.3, 0.4) is 0 Å². The number of ether oxygens (including phenoxy) is 2. The normalized spacial score (nSPS) is 11.1. The van der Waals surface area contributed by atoms with E-state index < -0.39 is 9.05 Å². The van der Waals surface area contributed by atoms with Gasteiger partial charge in [0.05, 0.1) is 13.3 Å². The van der Waals surface area contributed by atoms with Crippen molar-refractivity contribution >= 4 is 19.7 Å². The molecule has 0 N–H and O–H groups in total. The lowest BCUT2D eigenvalue weighted by Gasteiger charge is -2.08. The second kappa shape index (κ2) is 5.46. The standard InChI is InChI=1S/C12H10ClNO4S/c1-17-10-4-2-3-5-11(10)18-12-7-6-9(8-14-12)19(13,15)16/h2-8H,1H3. The Labute approximate surface area is 115 Å². The Kier molecular flexibility index (Phi) is 3.92. The minimum Gasteiger partial charge on any atom is -0.493 e. The van der Waals surface area contributed by atoms with Gasteiger partial charge >= 0.3 is 0 Å². The molecule has 0 amide bonds. The number of methoxy groups -OCH3 is 1. The van der Waals surface area contributed by atoms with Crippen LogP contribution in [0.2, 0.25) is 0 Å². The minimum absolute atomic E-state index is 0.0819. The summed E-state index contributed by atoms with van der Waals surface area (Å²) in [6, 6.07) is 9.79. The van der Waals surface area contributed by atoms with Crippen LogP contribution in [0.25, 0.3) is 0 Å². The van der Waals surface area contributed by atoms with Crippen LogP contribution in [0, 0.1) is 0 Å². The van der Waals surface area contributed by atoms with Gasteiger partial charge in [-0.25, -0.2) is 13.4 Å². The highest BCUT2D eigenvalue weighted by Gasteiger charge is 2.11. The summed E-state index contributed by atoms with van der Waals surface area (Å²) in [5.41, 5.74) is 0. The first-order chi connectivity index (χ1) is 9.00. The van der Waals surface area contributed by atoms with Crippen LogP contribution in [0.15, 0.2) is 47.5 Å². The molecule has 1 heterocycles. The van der Waals surface area contributed by atoms with Crippen molar-refractivity contribution in [3.05, 3.63) is 42.6 Å². The molecule has 0 saturated heterocycles. The van der Waals surface area contributed by atoms with Gasteiger partial charge in [0.1, 0.15) is 4.90 Å². The second-order valence-corrected chi connectivity index (χ2v) is 6.09. The number of rotatable bonds is 4. The van der Waals surface area contributed by atoms with Crippen LogP contribution >= 0.6 is 10.7 Å². The molecule has 0 saturated carbocycles. The smallest absolute Gasteiger partial charge is 0.262 e. The summed E-state index contributed by atoms with van der Waals surface area (Å²) in [6.07, 6.45) is 1.13. The van der Waals surface area contributed by atoms with Crippen molar-refractivity contribution < 1.29 is 17.9 Å². The molecule has 2 aromatic rings. The van der Waals surface area contributed by atoms with Crippen LogP contribution < -0.4 is 9.47 Å². The Hall–Kier alpha value is -1.79. The topological polar surface area (TPSA) is 65.5 Å². The molecular weight excluding hydrogens is 290 g/mol. The quantitative estimate of drug-likeness (QED) is 0.812. The maximum Gasteiger partial charge on any atom is 0.262 e. The van der Waals surface area contributed by atoms with Crippen LogP contribution in [0.4, 0.5) is 0 Å². The number of nitrogens with zero attached hydrogens (tertiary/aromatic N) is 1. The molecular formula is C12H10ClNO4S. The predicted molar refractivity (Wildman–Crippen MR) is 70.3 cm³/mol. The van der Waals surface area contributed by atoms with Crippen molar-refractivity contribution in [2.45, 2.75) is 4.90 Å². The molecule has 0 radical (unpaired) electrons. The minimum atomic E-state index is -3.78. The molecule has 0 unspecified atom stereocenters. The highest BCUT2D eigenvalue weighted by molar-refractivity contribution is 8.13. The predicted octanol–water partition coefficient (Wildman–Crippen LogP) is 2.81. The Bertz CT molecular complexity index is 670. The maximum atomic E-state index is 11.1. The van der Waals surface area contributed by atoms with E-state index in [1.165, 1.54) is 19.2 Å². The van der Waals surface area contributed by atoms with Crippen molar-refractivity contribution in [2.24, 2.45) is 0 Å². The van der Waals surface area contributed by atoms with Gasteiger partial charge in [0.2, 0.25) is 5.88 Å². The maximum absolute atomic E-state index is 11.1. The number of aromatic nitrogens is 1. The summed E-state index contributed by atoms with van der Waals surface area (Å²) in [5, 5.41) is 0. The molecule has 0 aliphatic rings. The molecule has 0 aliphatic heterocycles. The van der Waals surface area contributed by atoms with Crippen LogP contribution in [-0.4, -0.2) is 20.5 Å². The Morgan fingerprint density at radius 1 is 1.11 bits per heavy atom. The number of hydrogen-bond donors (Lipinski definition) is 0. The molecule has 2 rings (SSSR count). The number of pyridine rings is 1. The number of halogens is 1. The zero-order chi connectivity index (χ0) is 13.9. The van der Waals surface area contributed by atoms with Crippen LogP contribution in [0.1, 0.15) is 0 Å². The van der Waals surface area contributed by atoms with E-state index in [4.69, 9.17) is 20.2 Å². The van der Waals surface area contributed by atoms with Crippen molar-refractivity contribution in [1.29, 1.82) is 0 Å². The van der Waals surface area contributed by atoms with E-state index in [0.29, 0.717) is 11.5 Å². The van der Waals surface area contributed by atoms with E-state index in [1.54, 1.807) is 18.2 Å². The first-order valence-electron chi connectivity index (χ1n) is 5.22. The van der Waals surface area contributed by atoms with Gasteiger partial charge < -0.3 is 9.47 Å². The first-order valence-corrected chi connectivity index (χ1v) is 7.53. The fourth-order valence-electron chi connectivity index (χ4n) is 1.39. The van der Waals surface area contributed by atoms with Crippen LogP contribution in [0.5, 0.6) is 17.4 Å². The summed E-state index contributed by atoms with van der Waals surface area (Å²) in [4.78, 5) is 3.79. The lowest BCUT2D eigenvalue weighted by atomic mass is 10.3. The largest absolute Gasteiger partial charge is 0.493 e. The fourth-order valence-corrected chi connectivity index (χ4v) is 2.07. The third-order valence-electron chi connectivity index (χ3n) is 2.27. The number of benzene rings is 1. The summed E-state index contributed by atoms with van der Waals surface area (Å²) in [5.74, 6) is 1.28. The third-order valence-corrected chi connectivity index (χ3v) is 3.61. The van der Waals surface area contributed by atoms with Gasteiger partial charge in [-0.1, -0.05) is 12.1 Å². The molecule has 0 aliphatic carbocycles. The molecule has 5 nitrogen and oxygen atoms in total. The molecule has 0 atom stereocenters. The lowest BCUT2D eigenvalue weighted by Crippen LogP contribution is -1.94. The molecule has 1 aromatic carbocycles. The third kappa shape index (κ3) is 3.36. The summed E-state index contributed by atoms with van der Waals surface area (Å²) < 4.78 is 32.8. The molecule has 0 bridgehead atoms. The average Bonchev–Trinajstić information content (AvgIpc) is 2.39. The molecule has 19 heavy (non-hydrogen) atoms. The van der Waals surface area contributed by atoms with Crippen molar-refractivity contribution in [3.63, 3.8) is 0 Å². The summed E-state index contributed by atoms with van der Waals surface area (Å²) in [7, 11) is 2.94. The molecule has 0 fully saturated rings. The highest BCUT2D eigenvalue weighted by atomic mass is 35.7. The van der Waals surface area contributed by atoms with Gasteiger partial charge in [0, 0.05) is 16.7 Å². The molecule has 100 valence electrons. The van der Waals surface area contributed by atoms with Gasteiger partial charge in [-0.15, -0.1) is 0 Å². The number of hydrogen-bond acceptors (Lipinski definition) is 5. The van der Waals surface area contributed by atoms with E-state index in [2.05, 4.69) is 4.98 Å². The van der Waals surface area contributed by atoms with E-state index in [0.717, 1.165) is 6.20 Å². The molecule has 7 heteroatoms. The number of para-hydroxylation sites is 2. The highest BCUT2D eigenvalue weighted by Crippen LogP contribution is 2.30. The Morgan fingerprint density at radius 2 is 1.79 bits per heavy atom. The molecule has 0 spiro atoms. The first kappa shape index (κ1) is 13.6. The van der Waals surface area contributed by atoms with E-state index >= 15 is 0 Å². The van der Waals surface area contributed by atoms with Gasteiger partial charge in [0.25, 0.3) is 9.05 Å². The Morgan fingerprint density at radius 3 is 2.32 bits per heavy atom. The average molecular weight is 300 g/mol. The Balaban J connectivity index is 2.25. The second-order valence-electron chi connectivity index (χ2n) is 3.52. The van der Waals surface area contributed by atoms with Crippen molar-refractivity contribution in [1.82, 2.24) is 4.98 Å². The molecule has 1 aromatic heterocycles. The summed E-state index contributed by atoms with van der Waals surface area (Å²) in [6.45, 7) is 0. The SMILES string of the molecule is COc1ccccc1Oc1ccc(S(=O)(=O)Cl)cn1. The van der Waals surface area contributed by atoms with Crippen LogP contribution in [-0.2, 0) is 9.05 Å². The van der Waals surface area contributed by atoms with Gasteiger partial charge in [-0.3, -0.25) is 0 Å². The van der Waals surface area contributed by atoms with Crippen molar-refractivity contribution in [3.8, 4) is 17.4 Å². The van der Waals surface area contributed by atoms with E-state index in [9.17, 15) is 8.42 Å². The van der Waals surface area contributed by atoms with E-state index in [1.807, 2.05) is 6.07 Å². The van der Waals surface area contributed by atoms with Crippen molar-refractivity contribution in [2.75, 3.05) is 7.11 Å². The fraction of sp³-hybridized carbons (Fsp3) is 0.0833. The zero-order valence-electron chi connectivity index (χ0n) is 9.91. The van der Waals surface area contributed by atoms with Gasteiger partial charge in [-0.2, -0.15) is 0 Å². The van der Waals surface area contributed by atoms with E-state index in [-0.39, 0.29) is 10.8 Å². The monoisotopic (exact) mass is 299 g/mol. The zero-order valence-corrected chi connectivity index (χ0v) is 11.5. The van der Waals surface area contributed by atoms with Gasteiger partial charge in [0.15, 0.2) is 11.5 Å².